The van der Waals surface area contributed by atoms with E-state index in [1.54, 1.807) is 5.32 Å². The number of hydrogen-bond donors (Lipinski definition) is 2. The Bertz CT molecular complexity index is 1020. The van der Waals surface area contributed by atoms with E-state index in [-0.39, 0.29) is 5.15 Å². The number of nitrogens with one attached hydrogen (secondary N) is 2. The molecule has 2 heterocycles. The van der Waals surface area contributed by atoms with Gasteiger partial charge >= 0.3 is 12.4 Å². The molecule has 0 fully saturated rings. The second-order valence-corrected chi connectivity index (χ2v) is 5.26. The van der Waals surface area contributed by atoms with Gasteiger partial charge < -0.3 is 10.6 Å². The summed E-state index contributed by atoms with van der Waals surface area (Å²) in [6, 6.07) is -6.93. The summed E-state index contributed by atoms with van der Waals surface area (Å²) in [5, 5.41) is 2.67. The van der Waals surface area contributed by atoms with E-state index in [9.17, 15) is 26.3 Å². The van der Waals surface area contributed by atoms with Crippen molar-refractivity contribution in [2.24, 2.45) is 0 Å². The van der Waals surface area contributed by atoms with E-state index >= 15 is 0 Å². The number of pyridine rings is 1. The first-order chi connectivity index (χ1) is 14.7. The molecule has 0 aliphatic rings. The fourth-order valence-electron chi connectivity index (χ4n) is 1.49. The first-order valence-corrected chi connectivity index (χ1v) is 7.18. The van der Waals surface area contributed by atoms with Gasteiger partial charge in [0.05, 0.1) is 4.11 Å². The third-order valence-electron chi connectivity index (χ3n) is 2.77. The predicted octanol–water partition coefficient (Wildman–Crippen LogP) is 4.31. The molecule has 0 amide bonds. The van der Waals surface area contributed by atoms with Crippen LogP contribution in [0.25, 0.3) is 11.5 Å². The highest BCUT2D eigenvalue weighted by molar-refractivity contribution is 6.29. The molecule has 13 heteroatoms. The average Bonchev–Trinajstić information content (AvgIpc) is 2.59. The smallest absolute Gasteiger partial charge is 0.343 e. The van der Waals surface area contributed by atoms with Crippen molar-refractivity contribution < 1.29 is 34.6 Å². The lowest BCUT2D eigenvalue weighted by atomic mass is 10.3. The molecule has 0 radical (unpaired) electrons. The molecule has 0 saturated heterocycles. The van der Waals surface area contributed by atoms with Gasteiger partial charge in [0, 0.05) is 4.11 Å². The number of nitrogens with zero attached hydrogens (tertiary/aromatic N) is 4. The second-order valence-electron chi connectivity index (χ2n) is 4.87. The molecule has 2 unspecified atom stereocenters. The third-order valence-corrected chi connectivity index (χ3v) is 2.97. The van der Waals surface area contributed by atoms with E-state index in [1.807, 2.05) is 0 Å². The summed E-state index contributed by atoms with van der Waals surface area (Å²) >= 11 is 5.70. The molecule has 0 aromatic carbocycles. The van der Waals surface area contributed by atoms with E-state index in [1.165, 1.54) is 5.32 Å². The maximum atomic E-state index is 13.3. The van der Waals surface area contributed by atoms with Crippen LogP contribution in [-0.2, 0) is 0 Å². The fourth-order valence-corrected chi connectivity index (χ4v) is 1.63. The SMILES string of the molecule is [2H]c1cc(Cl)nc(-c2nc(NC(C([2H])([2H])[2H])C(F)(F)F)nc(NC([2H])(C)C(F)(F)F)n2)c1[2H]. The van der Waals surface area contributed by atoms with Crippen LogP contribution < -0.4 is 10.6 Å². The van der Waals surface area contributed by atoms with Gasteiger partial charge in [-0.25, -0.2) is 4.98 Å². The summed E-state index contributed by atoms with van der Waals surface area (Å²) in [5.74, 6) is -3.04. The van der Waals surface area contributed by atoms with Crippen LogP contribution in [-0.4, -0.2) is 44.3 Å². The first kappa shape index (κ1) is 13.7. The molecule has 0 aliphatic carbocycles. The molecule has 2 atom stereocenters. The highest BCUT2D eigenvalue weighted by Gasteiger charge is 2.38. The van der Waals surface area contributed by atoms with Gasteiger partial charge in [0.25, 0.3) is 0 Å². The highest BCUT2D eigenvalue weighted by Crippen LogP contribution is 2.26. The molecule has 2 aromatic rings. The molecule has 0 bridgehead atoms. The van der Waals surface area contributed by atoms with Crippen LogP contribution in [0, 0.1) is 0 Å². The molecule has 2 rings (SSSR count). The minimum atomic E-state index is -5.36. The van der Waals surface area contributed by atoms with Crippen molar-refractivity contribution in [1.29, 1.82) is 0 Å². The summed E-state index contributed by atoms with van der Waals surface area (Å²) in [6.45, 7) is -3.31. The van der Waals surface area contributed by atoms with Gasteiger partial charge in [0.1, 0.15) is 22.9 Å². The van der Waals surface area contributed by atoms with Gasteiger partial charge in [0.15, 0.2) is 5.82 Å². The Labute approximate surface area is 162 Å². The fraction of sp³-hybridized carbons (Fsp3) is 0.429. The number of aromatic nitrogens is 4. The Kier molecular flexibility index (Phi) is 3.92. The van der Waals surface area contributed by atoms with Crippen molar-refractivity contribution in [3.63, 3.8) is 0 Å². The molecule has 2 N–H and O–H groups in total. The molecule has 6 nitrogen and oxygen atoms in total. The van der Waals surface area contributed by atoms with Crippen LogP contribution in [0.4, 0.5) is 38.2 Å². The lowest BCUT2D eigenvalue weighted by molar-refractivity contribution is -0.139. The van der Waals surface area contributed by atoms with Gasteiger partial charge in [-0.15, -0.1) is 0 Å². The Balaban J connectivity index is 2.69. The Morgan fingerprint density at radius 2 is 1.70 bits per heavy atom. The van der Waals surface area contributed by atoms with Crippen LogP contribution in [0.3, 0.4) is 0 Å². The van der Waals surface area contributed by atoms with Crippen LogP contribution in [0.5, 0.6) is 0 Å². The van der Waals surface area contributed by atoms with Crippen LogP contribution in [0.2, 0.25) is 5.15 Å². The van der Waals surface area contributed by atoms with Crippen molar-refractivity contribution in [3.05, 3.63) is 23.3 Å². The second kappa shape index (κ2) is 7.71. The number of anilines is 2. The number of hydrogen-bond acceptors (Lipinski definition) is 6. The number of halogens is 7. The summed E-state index contributed by atoms with van der Waals surface area (Å²) in [7, 11) is 0. The summed E-state index contributed by atoms with van der Waals surface area (Å²) in [5.41, 5.74) is -0.614. The molecule has 0 saturated carbocycles. The van der Waals surface area contributed by atoms with Gasteiger partial charge in [0.2, 0.25) is 11.9 Å². The molecular formula is C14H13ClF6N6. The van der Waals surface area contributed by atoms with Crippen LogP contribution in [0.15, 0.2) is 18.2 Å². The zero-order chi connectivity index (χ0) is 25.6. The Hall–Kier alpha value is -2.37. The minimum absolute atomic E-state index is 0.361. The number of alkyl halides is 6. The predicted molar refractivity (Wildman–Crippen MR) is 86.3 cm³/mol. The van der Waals surface area contributed by atoms with E-state index in [0.29, 0.717) is 6.92 Å². The quantitative estimate of drug-likeness (QED) is 0.554. The molecule has 148 valence electrons. The highest BCUT2D eigenvalue weighted by atomic mass is 35.5. The molecule has 0 spiro atoms. The topological polar surface area (TPSA) is 75.6 Å². The number of rotatable bonds is 5. The van der Waals surface area contributed by atoms with Crippen molar-refractivity contribution in [1.82, 2.24) is 19.9 Å². The summed E-state index contributed by atoms with van der Waals surface area (Å²) < 4.78 is 123. The van der Waals surface area contributed by atoms with Crippen molar-refractivity contribution in [3.8, 4) is 11.5 Å². The Morgan fingerprint density at radius 1 is 1.07 bits per heavy atom. The molecular weight excluding hydrogens is 402 g/mol. The average molecular weight is 421 g/mol. The zero-order valence-electron chi connectivity index (χ0n) is 19.1. The minimum Gasteiger partial charge on any atom is -0.343 e. The lowest BCUT2D eigenvalue weighted by Gasteiger charge is -2.20. The van der Waals surface area contributed by atoms with Gasteiger partial charge in [-0.2, -0.15) is 41.3 Å². The largest absolute Gasteiger partial charge is 0.408 e. The monoisotopic (exact) mass is 420 g/mol. The lowest BCUT2D eigenvalue weighted by Crippen LogP contribution is -2.35. The van der Waals surface area contributed by atoms with E-state index in [4.69, 9.17) is 19.8 Å². The first-order valence-electron chi connectivity index (χ1n) is 9.81. The van der Waals surface area contributed by atoms with E-state index in [0.717, 1.165) is 6.07 Å². The Morgan fingerprint density at radius 3 is 2.26 bits per heavy atom. The van der Waals surface area contributed by atoms with Crippen LogP contribution in [0.1, 0.15) is 22.0 Å². The maximum absolute atomic E-state index is 13.3. The van der Waals surface area contributed by atoms with Crippen molar-refractivity contribution in [2.75, 3.05) is 10.6 Å². The van der Waals surface area contributed by atoms with Gasteiger partial charge in [-0.3, -0.25) is 0 Å². The summed E-state index contributed by atoms with van der Waals surface area (Å²) in [6.07, 6.45) is -10.5. The normalized spacial score (nSPS) is 19.4. The standard InChI is InChI=1S/C14H13ClF6N6/c1-6(13(16,17)18)22-11-25-10(8-4-3-5-9(15)24-8)26-12(27-11)23-7(2)14(19,20)21/h3-7H,1-2H3,(H2,22,23,25,26,27)/i1D3,3D,4D,7D. The third kappa shape index (κ3) is 5.81. The van der Waals surface area contributed by atoms with Gasteiger partial charge in [-0.1, -0.05) is 17.6 Å². The molecule has 27 heavy (non-hydrogen) atoms. The van der Waals surface area contributed by atoms with E-state index < -0.39 is 66.8 Å². The van der Waals surface area contributed by atoms with Crippen LogP contribution >= 0.6 is 11.6 Å². The van der Waals surface area contributed by atoms with Gasteiger partial charge in [-0.05, 0) is 25.9 Å². The molecule has 2 aromatic heterocycles. The van der Waals surface area contributed by atoms with E-state index in [2.05, 4.69) is 19.9 Å². The van der Waals surface area contributed by atoms with Crippen molar-refractivity contribution >= 4 is 23.5 Å². The summed E-state index contributed by atoms with van der Waals surface area (Å²) in [4.78, 5) is 14.0. The zero-order valence-corrected chi connectivity index (χ0v) is 13.8. The van der Waals surface area contributed by atoms with Crippen molar-refractivity contribution in [2.45, 2.75) is 38.2 Å². The maximum Gasteiger partial charge on any atom is 0.408 e. The molecule has 0 aliphatic heterocycles.